The summed E-state index contributed by atoms with van der Waals surface area (Å²) in [5.41, 5.74) is 0.988. The molecule has 0 aromatic carbocycles. The van der Waals surface area contributed by atoms with E-state index in [1.807, 2.05) is 20.8 Å². The number of ether oxygens (including phenoxy) is 1. The minimum absolute atomic E-state index is 0.142. The lowest BCUT2D eigenvalue weighted by Crippen LogP contribution is -2.29. The fourth-order valence-electron chi connectivity index (χ4n) is 3.36. The van der Waals surface area contributed by atoms with Crippen LogP contribution in [0.1, 0.15) is 77.5 Å². The standard InChI is InChI=1S/C23H31NO4/c1-8-9-11-23(5,6)28-21(26)18-15(2)13-17-19(18)16(10-12-22(3,4)27)14-24(7)20(17)25/h14,27H,8-9,11,13H2,1-7H3. The first-order valence-corrected chi connectivity index (χ1v) is 9.78. The van der Waals surface area contributed by atoms with Crippen molar-refractivity contribution >= 4 is 11.5 Å². The van der Waals surface area contributed by atoms with Crippen molar-refractivity contribution in [1.29, 1.82) is 0 Å². The summed E-state index contributed by atoms with van der Waals surface area (Å²) in [5, 5.41) is 9.97. The van der Waals surface area contributed by atoms with Crippen LogP contribution in [0.3, 0.4) is 0 Å². The number of esters is 1. The first-order valence-electron chi connectivity index (χ1n) is 9.78. The minimum Gasteiger partial charge on any atom is -0.456 e. The van der Waals surface area contributed by atoms with Crippen molar-refractivity contribution in [2.24, 2.45) is 7.05 Å². The number of carbonyl (C=O) groups excluding carboxylic acids is 1. The molecule has 0 fully saturated rings. The van der Waals surface area contributed by atoms with E-state index in [2.05, 4.69) is 18.8 Å². The van der Waals surface area contributed by atoms with Gasteiger partial charge in [0.1, 0.15) is 11.2 Å². The number of hydrogen-bond acceptors (Lipinski definition) is 4. The molecule has 0 unspecified atom stereocenters. The zero-order valence-electron chi connectivity index (χ0n) is 18.0. The van der Waals surface area contributed by atoms with E-state index in [1.54, 1.807) is 27.1 Å². The van der Waals surface area contributed by atoms with E-state index in [0.717, 1.165) is 24.8 Å². The number of allylic oxidation sites excluding steroid dienone is 1. The first-order chi connectivity index (χ1) is 12.9. The van der Waals surface area contributed by atoms with Gasteiger partial charge in [-0.15, -0.1) is 0 Å². The fourth-order valence-corrected chi connectivity index (χ4v) is 3.36. The summed E-state index contributed by atoms with van der Waals surface area (Å²) in [4.78, 5) is 25.7. The Bertz CT molecular complexity index is 930. The minimum atomic E-state index is -1.18. The van der Waals surface area contributed by atoms with Crippen LogP contribution in [0.4, 0.5) is 0 Å². The molecule has 5 heteroatoms. The van der Waals surface area contributed by atoms with Crippen molar-refractivity contribution in [3.05, 3.63) is 38.8 Å². The SMILES string of the molecule is CCCCC(C)(C)OC(=O)C1=C(C)Cc2c1c(C#CC(C)(C)O)cn(C)c2=O. The van der Waals surface area contributed by atoms with Gasteiger partial charge in [0.05, 0.1) is 5.57 Å². The molecule has 0 amide bonds. The normalized spacial score (nSPS) is 13.9. The Balaban J connectivity index is 2.53. The lowest BCUT2D eigenvalue weighted by Gasteiger charge is -2.26. The average molecular weight is 386 g/mol. The maximum absolute atomic E-state index is 13.1. The number of nitrogens with zero attached hydrogens (tertiary/aromatic N) is 1. The van der Waals surface area contributed by atoms with Crippen LogP contribution in [0.5, 0.6) is 0 Å². The fraction of sp³-hybridized carbons (Fsp3) is 0.565. The number of aryl methyl sites for hydroxylation is 1. The molecular weight excluding hydrogens is 354 g/mol. The molecule has 0 spiro atoms. The van der Waals surface area contributed by atoms with Gasteiger partial charge in [0.25, 0.3) is 5.56 Å². The van der Waals surface area contributed by atoms with Gasteiger partial charge in [0.2, 0.25) is 0 Å². The molecule has 0 saturated heterocycles. The van der Waals surface area contributed by atoms with Crippen molar-refractivity contribution in [3.63, 3.8) is 0 Å². The topological polar surface area (TPSA) is 68.5 Å². The summed E-state index contributed by atoms with van der Waals surface area (Å²) in [6.45, 7) is 10.9. The van der Waals surface area contributed by atoms with Crippen molar-refractivity contribution in [1.82, 2.24) is 4.57 Å². The number of pyridine rings is 1. The van der Waals surface area contributed by atoms with Crippen LogP contribution in [0.15, 0.2) is 16.6 Å². The summed E-state index contributed by atoms with van der Waals surface area (Å²) in [6.07, 6.45) is 4.79. The van der Waals surface area contributed by atoms with Gasteiger partial charge in [-0.3, -0.25) is 4.79 Å². The molecule has 0 aliphatic heterocycles. The first kappa shape index (κ1) is 22.0. The van der Waals surface area contributed by atoms with Gasteiger partial charge in [-0.25, -0.2) is 4.79 Å². The predicted molar refractivity (Wildman–Crippen MR) is 111 cm³/mol. The van der Waals surface area contributed by atoms with Crippen molar-refractivity contribution in [2.45, 2.75) is 78.4 Å². The van der Waals surface area contributed by atoms with Crippen LogP contribution in [-0.4, -0.2) is 26.8 Å². The predicted octanol–water partition coefficient (Wildman–Crippen LogP) is 3.35. The van der Waals surface area contributed by atoms with E-state index in [9.17, 15) is 14.7 Å². The highest BCUT2D eigenvalue weighted by Crippen LogP contribution is 2.35. The largest absolute Gasteiger partial charge is 0.456 e. The Morgan fingerprint density at radius 3 is 2.54 bits per heavy atom. The number of fused-ring (bicyclic) bond motifs is 1. The molecule has 0 bridgehead atoms. The van der Waals surface area contributed by atoms with Gasteiger partial charge in [0.15, 0.2) is 0 Å². The van der Waals surface area contributed by atoms with Crippen molar-refractivity contribution in [2.75, 3.05) is 0 Å². The highest BCUT2D eigenvalue weighted by molar-refractivity contribution is 6.20. The number of hydrogen-bond donors (Lipinski definition) is 1. The molecule has 1 aliphatic carbocycles. The molecule has 2 rings (SSSR count). The van der Waals surface area contributed by atoms with Gasteiger partial charge in [0, 0.05) is 36.4 Å². The highest BCUT2D eigenvalue weighted by atomic mass is 16.6. The van der Waals surface area contributed by atoms with Crippen LogP contribution in [0, 0.1) is 11.8 Å². The molecule has 1 aliphatic rings. The van der Waals surface area contributed by atoms with E-state index < -0.39 is 17.2 Å². The summed E-state index contributed by atoms with van der Waals surface area (Å²) in [5.74, 6) is 5.31. The second kappa shape index (κ2) is 7.97. The molecule has 1 heterocycles. The molecule has 0 atom stereocenters. The van der Waals surface area contributed by atoms with Gasteiger partial charge in [-0.05, 0) is 47.5 Å². The van der Waals surface area contributed by atoms with Crippen LogP contribution >= 0.6 is 0 Å². The van der Waals surface area contributed by atoms with Crippen molar-refractivity contribution in [3.8, 4) is 11.8 Å². The monoisotopic (exact) mass is 385 g/mol. The zero-order valence-corrected chi connectivity index (χ0v) is 18.0. The van der Waals surface area contributed by atoms with Crippen LogP contribution in [0.2, 0.25) is 0 Å². The number of aliphatic hydroxyl groups is 1. The Kier molecular flexibility index (Phi) is 6.25. The lowest BCUT2D eigenvalue weighted by atomic mass is 9.98. The van der Waals surface area contributed by atoms with E-state index in [-0.39, 0.29) is 5.56 Å². The number of aromatic nitrogens is 1. The van der Waals surface area contributed by atoms with E-state index in [1.165, 1.54) is 4.57 Å². The maximum Gasteiger partial charge on any atom is 0.339 e. The third kappa shape index (κ3) is 4.94. The molecular formula is C23H31NO4. The van der Waals surface area contributed by atoms with Crippen LogP contribution in [-0.2, 0) is 23.0 Å². The maximum atomic E-state index is 13.1. The summed E-state index contributed by atoms with van der Waals surface area (Å²) in [6, 6.07) is 0. The summed E-state index contributed by atoms with van der Waals surface area (Å²) < 4.78 is 7.29. The molecule has 152 valence electrons. The number of carbonyl (C=O) groups is 1. The van der Waals surface area contributed by atoms with Gasteiger partial charge >= 0.3 is 5.97 Å². The average Bonchev–Trinajstić information content (AvgIpc) is 2.91. The third-order valence-electron chi connectivity index (χ3n) is 4.80. The van der Waals surface area contributed by atoms with E-state index >= 15 is 0 Å². The number of rotatable bonds is 5. The van der Waals surface area contributed by atoms with Crippen molar-refractivity contribution < 1.29 is 14.6 Å². The number of unbranched alkanes of at least 4 members (excludes halogenated alkanes) is 1. The second-order valence-corrected chi connectivity index (χ2v) is 8.71. The Hall–Kier alpha value is -2.32. The summed E-state index contributed by atoms with van der Waals surface area (Å²) in [7, 11) is 1.66. The van der Waals surface area contributed by atoms with Crippen LogP contribution in [0.25, 0.3) is 5.57 Å². The van der Waals surface area contributed by atoms with Gasteiger partial charge < -0.3 is 14.4 Å². The molecule has 1 aromatic heterocycles. The Morgan fingerprint density at radius 1 is 1.32 bits per heavy atom. The van der Waals surface area contributed by atoms with Crippen LogP contribution < -0.4 is 5.56 Å². The molecule has 5 nitrogen and oxygen atoms in total. The quantitative estimate of drug-likeness (QED) is 0.623. The van der Waals surface area contributed by atoms with Gasteiger partial charge in [-0.1, -0.05) is 30.8 Å². The Morgan fingerprint density at radius 2 is 1.96 bits per heavy atom. The third-order valence-corrected chi connectivity index (χ3v) is 4.80. The zero-order chi connectivity index (χ0) is 21.3. The molecule has 0 saturated carbocycles. The smallest absolute Gasteiger partial charge is 0.339 e. The molecule has 0 radical (unpaired) electrons. The van der Waals surface area contributed by atoms with Gasteiger partial charge in [-0.2, -0.15) is 0 Å². The second-order valence-electron chi connectivity index (χ2n) is 8.71. The lowest BCUT2D eigenvalue weighted by molar-refractivity contribution is -0.149. The Labute approximate surface area is 167 Å². The molecule has 28 heavy (non-hydrogen) atoms. The summed E-state index contributed by atoms with van der Waals surface area (Å²) >= 11 is 0. The highest BCUT2D eigenvalue weighted by Gasteiger charge is 2.33. The van der Waals surface area contributed by atoms with E-state index in [0.29, 0.717) is 28.7 Å². The molecule has 1 aromatic rings. The molecule has 1 N–H and O–H groups in total. The van der Waals surface area contributed by atoms with E-state index in [4.69, 9.17) is 4.74 Å².